The highest BCUT2D eigenvalue weighted by atomic mass is 32.2. The molecule has 3 saturated carbocycles. The van der Waals surface area contributed by atoms with Crippen LogP contribution in [0, 0.1) is 32.3 Å². The molecule has 2 bridgehead atoms. The lowest BCUT2D eigenvalue weighted by molar-refractivity contribution is -0.386. The van der Waals surface area contributed by atoms with Gasteiger partial charge >= 0.3 is 5.69 Å². The minimum Gasteiger partial charge on any atom is -0.487 e. The Bertz CT molecular complexity index is 2440. The second-order valence-electron chi connectivity index (χ2n) is 19.1. The molecule has 0 atom stereocenters. The van der Waals surface area contributed by atoms with Crippen LogP contribution in [0.1, 0.15) is 82.5 Å². The number of rotatable bonds is 14. The first-order valence-electron chi connectivity index (χ1n) is 21.4. The van der Waals surface area contributed by atoms with Gasteiger partial charge in [0.25, 0.3) is 0 Å². The highest BCUT2D eigenvalue weighted by molar-refractivity contribution is 7.92. The lowest BCUT2D eigenvalue weighted by Crippen LogP contribution is -2.61. The van der Waals surface area contributed by atoms with Crippen LogP contribution in [0.3, 0.4) is 0 Å². The molecule has 13 nitrogen and oxygen atoms in total. The minimum absolute atomic E-state index is 0.0176. The topological polar surface area (TPSA) is 157 Å². The fraction of sp³-hybridized carbons (Fsp3) is 0.522. The SMILES string of the molecule is CC1(C)CCC(CN2CCN(c3ccc(C(=O)CS(=O)(=O)c4ccc(OCC5CCOCC5)c([N+](=O)[O-])c4)c(Oc4cnc5[nH]ccc5c4)c3)CC2)=C(C23CC(C)(C2)C3)C1. The van der Waals surface area contributed by atoms with Crippen molar-refractivity contribution in [3.63, 3.8) is 0 Å². The first-order valence-corrected chi connectivity index (χ1v) is 23.0. The Morgan fingerprint density at radius 2 is 1.77 bits per heavy atom. The number of piperazine rings is 1. The number of nitro benzene ring substituents is 1. The van der Waals surface area contributed by atoms with E-state index in [1.165, 1.54) is 50.7 Å². The quantitative estimate of drug-likeness (QED) is 0.0562. The molecule has 0 amide bonds. The Labute approximate surface area is 351 Å². The summed E-state index contributed by atoms with van der Waals surface area (Å²) in [6, 6.07) is 12.5. The van der Waals surface area contributed by atoms with Crippen LogP contribution < -0.4 is 14.4 Å². The van der Waals surface area contributed by atoms with E-state index in [-0.39, 0.29) is 34.5 Å². The molecule has 5 fully saturated rings. The molecule has 2 aromatic heterocycles. The van der Waals surface area contributed by atoms with E-state index in [9.17, 15) is 23.3 Å². The average Bonchev–Trinajstić information content (AvgIpc) is 3.68. The maximum absolute atomic E-state index is 14.0. The van der Waals surface area contributed by atoms with Gasteiger partial charge in [-0.3, -0.25) is 19.8 Å². The van der Waals surface area contributed by atoms with Crippen molar-refractivity contribution >= 4 is 38.0 Å². The van der Waals surface area contributed by atoms with Crippen LogP contribution in [-0.2, 0) is 14.6 Å². The Balaban J connectivity index is 0.922. The molecule has 14 heteroatoms. The number of aromatic amines is 1. The smallest absolute Gasteiger partial charge is 0.312 e. The summed E-state index contributed by atoms with van der Waals surface area (Å²) in [6.45, 7) is 13.2. The number of ketones is 1. The Morgan fingerprint density at radius 1 is 1.00 bits per heavy atom. The fourth-order valence-electron chi connectivity index (χ4n) is 10.7. The van der Waals surface area contributed by atoms with E-state index < -0.39 is 32.0 Å². The standard InChI is InChI=1S/C46H55N5O8S/c1-44(2)12-8-33(38(23-44)46-28-45(3,29-46)30-46)25-49-14-16-50(17-15-49)34-4-6-37(42(21-34)59-35-20-32-9-13-47-43(32)48-24-35)40(52)27-60(55,56)36-5-7-41(39(22-36)51(53)54)58-26-31-10-18-57-19-11-31/h4-7,9,13,20-22,24,31H,8,10-12,14-19,23,25-30H2,1-3H3,(H,47,48). The van der Waals surface area contributed by atoms with E-state index in [0.717, 1.165) is 62.7 Å². The zero-order valence-corrected chi connectivity index (χ0v) is 35.7. The molecule has 0 spiro atoms. The van der Waals surface area contributed by atoms with Gasteiger partial charge in [0.1, 0.15) is 22.9 Å². The molecule has 10 rings (SSSR count). The molecule has 4 aromatic rings. The third-order valence-corrected chi connectivity index (χ3v) is 15.4. The molecule has 4 aliphatic carbocycles. The van der Waals surface area contributed by atoms with Crippen LogP contribution >= 0.6 is 0 Å². The number of ether oxygens (including phenoxy) is 3. The first-order chi connectivity index (χ1) is 28.7. The summed E-state index contributed by atoms with van der Waals surface area (Å²) < 4.78 is 45.1. The van der Waals surface area contributed by atoms with Gasteiger partial charge < -0.3 is 24.1 Å². The molecule has 0 unspecified atom stereocenters. The number of nitro groups is 1. The van der Waals surface area contributed by atoms with Crippen molar-refractivity contribution in [1.29, 1.82) is 0 Å². The van der Waals surface area contributed by atoms with Crippen molar-refractivity contribution in [3.05, 3.63) is 87.7 Å². The van der Waals surface area contributed by atoms with Crippen LogP contribution in [0.5, 0.6) is 17.2 Å². The summed E-state index contributed by atoms with van der Waals surface area (Å²) in [5.41, 5.74) is 6.01. The summed E-state index contributed by atoms with van der Waals surface area (Å²) in [4.78, 5) is 37.4. The van der Waals surface area contributed by atoms with Gasteiger partial charge in [-0.1, -0.05) is 31.9 Å². The summed E-state index contributed by atoms with van der Waals surface area (Å²) in [7, 11) is -4.31. The Morgan fingerprint density at radius 3 is 2.50 bits per heavy atom. The maximum Gasteiger partial charge on any atom is 0.312 e. The number of hydrogen-bond acceptors (Lipinski definition) is 11. The fourth-order valence-corrected chi connectivity index (χ4v) is 11.9. The number of carbonyl (C=O) groups is 1. The number of anilines is 1. The molecule has 4 heterocycles. The molecule has 2 aromatic carbocycles. The summed E-state index contributed by atoms with van der Waals surface area (Å²) in [5.74, 6) is -0.839. The number of nitrogens with one attached hydrogen (secondary N) is 1. The number of fused-ring (bicyclic) bond motifs is 1. The van der Waals surface area contributed by atoms with Crippen molar-refractivity contribution < 1.29 is 32.3 Å². The van der Waals surface area contributed by atoms with Gasteiger partial charge in [0.05, 0.1) is 28.2 Å². The summed E-state index contributed by atoms with van der Waals surface area (Å²) >= 11 is 0. The third kappa shape index (κ3) is 8.17. The number of nitrogens with zero attached hydrogens (tertiary/aromatic N) is 4. The second-order valence-corrected chi connectivity index (χ2v) is 21.1. The minimum atomic E-state index is -4.31. The Hall–Kier alpha value is -4.79. The van der Waals surface area contributed by atoms with Gasteiger partial charge in [-0.25, -0.2) is 13.4 Å². The molecule has 1 N–H and O–H groups in total. The zero-order valence-electron chi connectivity index (χ0n) is 34.8. The van der Waals surface area contributed by atoms with Crippen molar-refractivity contribution in [1.82, 2.24) is 14.9 Å². The van der Waals surface area contributed by atoms with Crippen LogP contribution in [-0.4, -0.2) is 92.3 Å². The van der Waals surface area contributed by atoms with Crippen molar-refractivity contribution in [2.75, 3.05) is 63.2 Å². The van der Waals surface area contributed by atoms with Gasteiger partial charge in [0.2, 0.25) is 0 Å². The van der Waals surface area contributed by atoms with E-state index in [2.05, 4.69) is 40.5 Å². The summed E-state index contributed by atoms with van der Waals surface area (Å²) in [5, 5.41) is 12.9. The molecular weight excluding hydrogens is 783 g/mol. The predicted octanol–water partition coefficient (Wildman–Crippen LogP) is 8.54. The number of sulfone groups is 1. The predicted molar refractivity (Wildman–Crippen MR) is 229 cm³/mol. The number of allylic oxidation sites excluding steroid dienone is 1. The number of carbonyl (C=O) groups excluding carboxylic acids is 1. The van der Waals surface area contributed by atoms with Crippen LogP contribution in [0.4, 0.5) is 11.4 Å². The van der Waals surface area contributed by atoms with E-state index in [4.69, 9.17) is 14.2 Å². The van der Waals surface area contributed by atoms with Gasteiger partial charge in [-0.15, -0.1) is 0 Å². The number of aromatic nitrogens is 2. The van der Waals surface area contributed by atoms with Crippen molar-refractivity contribution in [2.24, 2.45) is 22.2 Å². The number of pyridine rings is 1. The van der Waals surface area contributed by atoms with Gasteiger partial charge in [0.15, 0.2) is 21.4 Å². The van der Waals surface area contributed by atoms with Crippen LogP contribution in [0.15, 0.2) is 77.0 Å². The van der Waals surface area contributed by atoms with E-state index >= 15 is 0 Å². The average molecular weight is 838 g/mol. The molecule has 2 aliphatic heterocycles. The van der Waals surface area contributed by atoms with E-state index in [1.54, 1.807) is 35.7 Å². The van der Waals surface area contributed by atoms with Crippen molar-refractivity contribution in [2.45, 2.75) is 77.0 Å². The third-order valence-electron chi connectivity index (χ3n) is 13.8. The molecule has 2 saturated heterocycles. The summed E-state index contributed by atoms with van der Waals surface area (Å²) in [6.07, 6.45) is 12.6. The monoisotopic (exact) mass is 837 g/mol. The Kier molecular flexibility index (Phi) is 10.6. The van der Waals surface area contributed by atoms with Gasteiger partial charge in [-0.05, 0) is 110 Å². The molecule has 6 aliphatic rings. The van der Waals surface area contributed by atoms with Crippen LogP contribution in [0.25, 0.3) is 11.0 Å². The van der Waals surface area contributed by atoms with E-state index in [1.807, 2.05) is 18.2 Å². The van der Waals surface area contributed by atoms with E-state index in [0.29, 0.717) is 40.9 Å². The number of H-pyrrole nitrogens is 1. The number of benzene rings is 2. The lowest BCUT2D eigenvalue weighted by Gasteiger charge is -2.72. The number of hydrogen-bond donors (Lipinski definition) is 1. The van der Waals surface area contributed by atoms with Crippen LogP contribution in [0.2, 0.25) is 0 Å². The van der Waals surface area contributed by atoms with Gasteiger partial charge in [-0.2, -0.15) is 0 Å². The molecular formula is C46H55N5O8S. The molecule has 318 valence electrons. The largest absolute Gasteiger partial charge is 0.487 e. The van der Waals surface area contributed by atoms with Crippen molar-refractivity contribution in [3.8, 4) is 17.2 Å². The maximum atomic E-state index is 14.0. The lowest BCUT2D eigenvalue weighted by atomic mass is 9.33. The zero-order chi connectivity index (χ0) is 41.9. The molecule has 60 heavy (non-hydrogen) atoms. The second kappa shape index (κ2) is 15.6. The first kappa shape index (κ1) is 40.6. The number of Topliss-reactive ketones (excluding diaryl/α,β-unsaturated/α-hetero) is 1. The van der Waals surface area contributed by atoms with Gasteiger partial charge in [0, 0.05) is 75.3 Å². The normalized spacial score (nSPS) is 24.5. The highest BCUT2D eigenvalue weighted by Gasteiger charge is 2.66. The highest BCUT2D eigenvalue weighted by Crippen LogP contribution is 2.77. The molecule has 0 radical (unpaired) electrons.